The molecule has 0 bridgehead atoms. The molecule has 0 amide bonds. The van der Waals surface area contributed by atoms with Gasteiger partial charge in [-0.15, -0.1) is 0 Å². The molecule has 98 valence electrons. The molecular weight excluding hydrogens is 244 g/mol. The zero-order valence-corrected chi connectivity index (χ0v) is 11.0. The van der Waals surface area contributed by atoms with Crippen LogP contribution in [0.15, 0.2) is 39.9 Å². The van der Waals surface area contributed by atoms with Gasteiger partial charge in [-0.2, -0.15) is 0 Å². The molecule has 19 heavy (non-hydrogen) atoms. The number of rotatable bonds is 4. The molecular formula is C15H14O4. The maximum absolute atomic E-state index is 12.5. The molecule has 0 atom stereocenters. The molecule has 4 nitrogen and oxygen atoms in total. The number of methoxy groups -OCH3 is 1. The summed E-state index contributed by atoms with van der Waals surface area (Å²) in [5, 5.41) is 0. The molecule has 0 unspecified atom stereocenters. The van der Waals surface area contributed by atoms with Crippen LogP contribution >= 0.6 is 0 Å². The summed E-state index contributed by atoms with van der Waals surface area (Å²) in [5.41, 5.74) is -1.70. The molecule has 0 aliphatic carbocycles. The van der Waals surface area contributed by atoms with E-state index < -0.39 is 16.3 Å². The summed E-state index contributed by atoms with van der Waals surface area (Å²) >= 11 is 0. The van der Waals surface area contributed by atoms with Gasteiger partial charge in [0.1, 0.15) is 0 Å². The van der Waals surface area contributed by atoms with Crippen molar-refractivity contribution in [1.82, 2.24) is 0 Å². The first-order chi connectivity index (χ1) is 8.91. The molecule has 0 aliphatic heterocycles. The van der Waals surface area contributed by atoms with Crippen LogP contribution in [0.1, 0.15) is 29.8 Å². The lowest BCUT2D eigenvalue weighted by atomic mass is 9.75. The third kappa shape index (κ3) is 1.89. The normalized spacial score (nSPS) is 11.5. The van der Waals surface area contributed by atoms with Gasteiger partial charge in [0.15, 0.2) is 11.5 Å². The summed E-state index contributed by atoms with van der Waals surface area (Å²) in [6.45, 7) is 3.25. The number of ether oxygens (including phenoxy) is 1. The van der Waals surface area contributed by atoms with E-state index in [1.165, 1.54) is 7.11 Å². The Bertz CT molecular complexity index is 689. The Hall–Kier alpha value is -2.23. The number of benzene rings is 1. The van der Waals surface area contributed by atoms with Crippen molar-refractivity contribution in [2.24, 2.45) is 0 Å². The average molecular weight is 258 g/mol. The minimum atomic E-state index is -1.07. The molecule has 2 aromatic rings. The summed E-state index contributed by atoms with van der Waals surface area (Å²) in [5.74, 6) is -0.210. The van der Waals surface area contributed by atoms with Crippen LogP contribution in [0, 0.1) is 0 Å². The van der Waals surface area contributed by atoms with E-state index in [0.29, 0.717) is 5.56 Å². The Labute approximate surface area is 110 Å². The second-order valence-electron chi connectivity index (χ2n) is 4.89. The molecule has 2 aromatic carbocycles. The Kier molecular flexibility index (Phi) is 3.10. The first kappa shape index (κ1) is 13.2. The highest BCUT2D eigenvalue weighted by atomic mass is 16.5. The van der Waals surface area contributed by atoms with Crippen molar-refractivity contribution >= 4 is 5.78 Å². The van der Waals surface area contributed by atoms with Crippen molar-refractivity contribution in [2.45, 2.75) is 19.3 Å². The lowest BCUT2D eigenvalue weighted by Gasteiger charge is -2.26. The van der Waals surface area contributed by atoms with Gasteiger partial charge >= 0.3 is 0 Å². The first-order valence-electron chi connectivity index (χ1n) is 5.89. The van der Waals surface area contributed by atoms with Crippen molar-refractivity contribution in [3.05, 3.63) is 61.9 Å². The van der Waals surface area contributed by atoms with E-state index in [2.05, 4.69) is 0 Å². The van der Waals surface area contributed by atoms with Crippen LogP contribution in [0.25, 0.3) is 0 Å². The number of ketones is 1. The van der Waals surface area contributed by atoms with E-state index in [9.17, 15) is 14.4 Å². The zero-order chi connectivity index (χ0) is 14.2. The fourth-order valence-corrected chi connectivity index (χ4v) is 2.20. The minimum Gasteiger partial charge on any atom is -0.492 e. The van der Waals surface area contributed by atoms with E-state index in [-0.39, 0.29) is 17.1 Å². The largest absolute Gasteiger partial charge is 0.492 e. The van der Waals surface area contributed by atoms with Gasteiger partial charge < -0.3 is 4.74 Å². The van der Waals surface area contributed by atoms with Crippen LogP contribution in [0.2, 0.25) is 0 Å². The van der Waals surface area contributed by atoms with Gasteiger partial charge in [0.25, 0.3) is 5.43 Å². The average Bonchev–Trinajstić information content (AvgIpc) is 2.43. The molecule has 0 N–H and O–H groups in total. The van der Waals surface area contributed by atoms with E-state index in [4.69, 9.17) is 4.74 Å². The number of Topliss-reactive ketones (excluding diaryl/α,β-unsaturated/α-hetero) is 1. The van der Waals surface area contributed by atoms with Crippen molar-refractivity contribution in [3.63, 3.8) is 0 Å². The highest BCUT2D eigenvalue weighted by molar-refractivity contribution is 6.04. The second kappa shape index (κ2) is 4.46. The van der Waals surface area contributed by atoms with Gasteiger partial charge in [-0.25, -0.2) is 0 Å². The SMILES string of the molecule is COc1c(C(C)(C)C(=O)c2ccccc2)c(=O)c1=O. The van der Waals surface area contributed by atoms with Gasteiger partial charge in [-0.3, -0.25) is 14.4 Å². The van der Waals surface area contributed by atoms with Gasteiger partial charge in [0, 0.05) is 5.56 Å². The molecule has 0 heterocycles. The number of hydrogen-bond acceptors (Lipinski definition) is 4. The van der Waals surface area contributed by atoms with Gasteiger partial charge in [0.05, 0.1) is 18.1 Å². The van der Waals surface area contributed by atoms with Crippen molar-refractivity contribution in [3.8, 4) is 5.75 Å². The quantitative estimate of drug-likeness (QED) is 0.615. The fourth-order valence-electron chi connectivity index (χ4n) is 2.20. The molecule has 0 saturated heterocycles. The number of hydrogen-bond donors (Lipinski definition) is 0. The maximum atomic E-state index is 12.5. The summed E-state index contributed by atoms with van der Waals surface area (Å²) in [6.07, 6.45) is 0. The molecule has 0 saturated carbocycles. The summed E-state index contributed by atoms with van der Waals surface area (Å²) in [4.78, 5) is 35.5. The van der Waals surface area contributed by atoms with Crippen LogP contribution in [0.4, 0.5) is 0 Å². The second-order valence-corrected chi connectivity index (χ2v) is 4.89. The topological polar surface area (TPSA) is 60.4 Å². The number of carbonyl (C=O) groups excluding carboxylic acids is 1. The number of carbonyl (C=O) groups is 1. The van der Waals surface area contributed by atoms with E-state index in [0.717, 1.165) is 0 Å². The first-order valence-corrected chi connectivity index (χ1v) is 5.89. The predicted molar refractivity (Wildman–Crippen MR) is 71.7 cm³/mol. The Morgan fingerprint density at radius 1 is 1.05 bits per heavy atom. The third-order valence-corrected chi connectivity index (χ3v) is 3.30. The predicted octanol–water partition coefficient (Wildman–Crippen LogP) is 1.45. The third-order valence-electron chi connectivity index (χ3n) is 3.30. The Balaban J connectivity index is 2.49. The van der Waals surface area contributed by atoms with E-state index in [1.807, 2.05) is 6.07 Å². The monoisotopic (exact) mass is 258 g/mol. The van der Waals surface area contributed by atoms with Crippen LogP contribution in [0.3, 0.4) is 0 Å². The molecule has 0 spiro atoms. The maximum Gasteiger partial charge on any atom is 0.268 e. The molecule has 0 aliphatic rings. The minimum absolute atomic E-state index is 0.000666. The van der Waals surface area contributed by atoms with Crippen molar-refractivity contribution in [1.29, 1.82) is 0 Å². The summed E-state index contributed by atoms with van der Waals surface area (Å²) in [7, 11) is 1.32. The van der Waals surface area contributed by atoms with E-state index in [1.54, 1.807) is 38.1 Å². The highest BCUT2D eigenvalue weighted by Crippen LogP contribution is 2.31. The molecule has 4 heteroatoms. The van der Waals surface area contributed by atoms with Crippen LogP contribution in [-0.2, 0) is 5.41 Å². The standard InChI is InChI=1S/C15H14O4/c1-15(2,10-11(16)12(17)13(10)19-3)14(18)9-7-5-4-6-8-9/h4-8H,1-3H3. The van der Waals surface area contributed by atoms with Gasteiger partial charge in [0.2, 0.25) is 5.43 Å². The molecule has 2 rings (SSSR count). The van der Waals surface area contributed by atoms with Crippen LogP contribution in [0.5, 0.6) is 5.75 Å². The van der Waals surface area contributed by atoms with Crippen LogP contribution < -0.4 is 15.6 Å². The highest BCUT2D eigenvalue weighted by Gasteiger charge is 2.40. The van der Waals surface area contributed by atoms with E-state index >= 15 is 0 Å². The van der Waals surface area contributed by atoms with Crippen molar-refractivity contribution in [2.75, 3.05) is 7.11 Å². The summed E-state index contributed by atoms with van der Waals surface area (Å²) < 4.78 is 4.91. The molecule has 0 aromatic heterocycles. The Morgan fingerprint density at radius 2 is 1.63 bits per heavy atom. The zero-order valence-electron chi connectivity index (χ0n) is 11.0. The molecule has 0 fully saturated rings. The smallest absolute Gasteiger partial charge is 0.268 e. The van der Waals surface area contributed by atoms with Crippen molar-refractivity contribution < 1.29 is 9.53 Å². The summed E-state index contributed by atoms with van der Waals surface area (Å²) in [6, 6.07) is 8.68. The lowest BCUT2D eigenvalue weighted by molar-refractivity contribution is 0.0904. The van der Waals surface area contributed by atoms with Crippen LogP contribution in [-0.4, -0.2) is 12.9 Å². The fraction of sp³-hybridized carbons (Fsp3) is 0.267. The lowest BCUT2D eigenvalue weighted by Crippen LogP contribution is -2.46. The Morgan fingerprint density at radius 3 is 2.16 bits per heavy atom. The molecule has 0 radical (unpaired) electrons. The van der Waals surface area contributed by atoms with Gasteiger partial charge in [-0.05, 0) is 13.8 Å². The van der Waals surface area contributed by atoms with Gasteiger partial charge in [-0.1, -0.05) is 30.3 Å².